The standard InChI is InChI=1S/C22H33NO6/c1-13(2)26-20(24)16(23-14(3)15-10-8-7-9-11-15)12-17-18(25-6)19-21(27-17)29-22(4,5)28-19/h7-11,13-14,16-19,21,23H,12H2,1-6H3/t14-,16+,17+,18-,19+,21-/m0/s1. The lowest BCUT2D eigenvalue weighted by atomic mass is 10.0. The van der Waals surface area contributed by atoms with Crippen molar-refractivity contribution in [3.63, 3.8) is 0 Å². The van der Waals surface area contributed by atoms with Crippen molar-refractivity contribution in [1.82, 2.24) is 5.32 Å². The fraction of sp³-hybridized carbons (Fsp3) is 0.682. The van der Waals surface area contributed by atoms with Gasteiger partial charge in [-0.2, -0.15) is 0 Å². The predicted octanol–water partition coefficient (Wildman–Crippen LogP) is 2.94. The van der Waals surface area contributed by atoms with Gasteiger partial charge in [0.05, 0.1) is 12.2 Å². The highest BCUT2D eigenvalue weighted by molar-refractivity contribution is 5.76. The minimum absolute atomic E-state index is 0.0331. The van der Waals surface area contributed by atoms with E-state index in [0.717, 1.165) is 5.56 Å². The van der Waals surface area contributed by atoms with Gasteiger partial charge in [-0.3, -0.25) is 10.1 Å². The van der Waals surface area contributed by atoms with Crippen molar-refractivity contribution >= 4 is 5.97 Å². The van der Waals surface area contributed by atoms with Crippen molar-refractivity contribution < 1.29 is 28.5 Å². The van der Waals surface area contributed by atoms with Crippen molar-refractivity contribution in [3.8, 4) is 0 Å². The van der Waals surface area contributed by atoms with E-state index in [9.17, 15) is 4.79 Å². The molecule has 1 aromatic rings. The Bertz CT molecular complexity index is 679. The zero-order chi connectivity index (χ0) is 21.2. The molecule has 0 unspecified atom stereocenters. The summed E-state index contributed by atoms with van der Waals surface area (Å²) in [7, 11) is 1.62. The van der Waals surface area contributed by atoms with Crippen LogP contribution in [0.1, 0.15) is 52.6 Å². The summed E-state index contributed by atoms with van der Waals surface area (Å²) in [5, 5.41) is 3.40. The van der Waals surface area contributed by atoms with Gasteiger partial charge in [0.15, 0.2) is 12.1 Å². The first kappa shape index (κ1) is 22.2. The predicted molar refractivity (Wildman–Crippen MR) is 107 cm³/mol. The fourth-order valence-corrected chi connectivity index (χ4v) is 3.94. The van der Waals surface area contributed by atoms with Crippen molar-refractivity contribution in [1.29, 1.82) is 0 Å². The summed E-state index contributed by atoms with van der Waals surface area (Å²) in [6.45, 7) is 9.41. The van der Waals surface area contributed by atoms with Crippen LogP contribution in [0.25, 0.3) is 0 Å². The Balaban J connectivity index is 1.72. The highest BCUT2D eigenvalue weighted by Crippen LogP contribution is 2.39. The normalized spacial score (nSPS) is 30.2. The number of nitrogens with one attached hydrogen (secondary N) is 1. The van der Waals surface area contributed by atoms with Gasteiger partial charge in [-0.1, -0.05) is 30.3 Å². The Morgan fingerprint density at radius 3 is 2.48 bits per heavy atom. The summed E-state index contributed by atoms with van der Waals surface area (Å²) in [5.74, 6) is -1.02. The Kier molecular flexibility index (Phi) is 6.96. The molecule has 1 aromatic carbocycles. The van der Waals surface area contributed by atoms with Crippen LogP contribution in [0.15, 0.2) is 30.3 Å². The third-order valence-corrected chi connectivity index (χ3v) is 5.21. The van der Waals surface area contributed by atoms with E-state index in [1.807, 2.05) is 65.0 Å². The molecule has 2 aliphatic heterocycles. The van der Waals surface area contributed by atoms with Crippen LogP contribution in [-0.2, 0) is 28.5 Å². The number of hydrogen-bond donors (Lipinski definition) is 1. The smallest absolute Gasteiger partial charge is 0.323 e. The van der Waals surface area contributed by atoms with Crippen LogP contribution in [-0.4, -0.2) is 55.6 Å². The molecule has 2 fully saturated rings. The molecule has 7 nitrogen and oxygen atoms in total. The third kappa shape index (κ3) is 5.35. The second-order valence-electron chi connectivity index (χ2n) is 8.42. The molecule has 0 bridgehead atoms. The molecular weight excluding hydrogens is 374 g/mol. The van der Waals surface area contributed by atoms with Gasteiger partial charge in [-0.05, 0) is 40.2 Å². The molecule has 0 radical (unpaired) electrons. The van der Waals surface area contributed by atoms with Gasteiger partial charge < -0.3 is 23.7 Å². The highest BCUT2D eigenvalue weighted by atomic mass is 16.8. The zero-order valence-electron chi connectivity index (χ0n) is 18.1. The molecule has 0 amide bonds. The molecule has 6 atom stereocenters. The molecular formula is C22H33NO6. The summed E-state index contributed by atoms with van der Waals surface area (Å²) in [4.78, 5) is 12.8. The molecule has 3 rings (SSSR count). The lowest BCUT2D eigenvalue weighted by Crippen LogP contribution is -2.46. The van der Waals surface area contributed by atoms with Gasteiger partial charge >= 0.3 is 5.97 Å². The summed E-state index contributed by atoms with van der Waals surface area (Å²) in [6.07, 6.45) is -1.33. The van der Waals surface area contributed by atoms with Crippen molar-refractivity contribution in [3.05, 3.63) is 35.9 Å². The highest BCUT2D eigenvalue weighted by Gasteiger charge is 2.55. The average Bonchev–Trinajstić information content (AvgIpc) is 3.11. The van der Waals surface area contributed by atoms with Crippen molar-refractivity contribution in [2.75, 3.05) is 7.11 Å². The van der Waals surface area contributed by atoms with Crippen LogP contribution in [0.4, 0.5) is 0 Å². The summed E-state index contributed by atoms with van der Waals surface area (Å²) in [5.41, 5.74) is 1.09. The van der Waals surface area contributed by atoms with Crippen LogP contribution >= 0.6 is 0 Å². The number of carbonyl (C=O) groups excluding carboxylic acids is 1. The first-order valence-corrected chi connectivity index (χ1v) is 10.3. The number of esters is 1. The Labute approximate surface area is 173 Å². The largest absolute Gasteiger partial charge is 0.462 e. The van der Waals surface area contributed by atoms with E-state index in [-0.39, 0.29) is 36.4 Å². The van der Waals surface area contributed by atoms with E-state index in [1.54, 1.807) is 7.11 Å². The maximum atomic E-state index is 12.8. The quantitative estimate of drug-likeness (QED) is 0.664. The van der Waals surface area contributed by atoms with Crippen LogP contribution in [0, 0.1) is 0 Å². The van der Waals surface area contributed by atoms with Gasteiger partial charge in [0, 0.05) is 19.6 Å². The summed E-state index contributed by atoms with van der Waals surface area (Å²) in [6, 6.07) is 9.40. The lowest BCUT2D eigenvalue weighted by Gasteiger charge is -2.29. The molecule has 2 heterocycles. The SMILES string of the molecule is CO[C@@H]1[C@H]2OC(C)(C)O[C@@H]2O[C@@H]1C[C@@H](N[C@@H](C)c1ccccc1)C(=O)OC(C)C. The maximum Gasteiger partial charge on any atom is 0.323 e. The number of methoxy groups -OCH3 is 1. The Hall–Kier alpha value is -1.51. The third-order valence-electron chi connectivity index (χ3n) is 5.21. The topological polar surface area (TPSA) is 75.3 Å². The molecule has 29 heavy (non-hydrogen) atoms. The average molecular weight is 408 g/mol. The number of hydrogen-bond acceptors (Lipinski definition) is 7. The van der Waals surface area contributed by atoms with Gasteiger partial charge in [0.25, 0.3) is 0 Å². The maximum absolute atomic E-state index is 12.8. The van der Waals surface area contributed by atoms with Gasteiger partial charge in [-0.15, -0.1) is 0 Å². The van der Waals surface area contributed by atoms with Crippen LogP contribution in [0.5, 0.6) is 0 Å². The van der Waals surface area contributed by atoms with E-state index in [4.69, 9.17) is 23.7 Å². The van der Waals surface area contributed by atoms with Crippen molar-refractivity contribution in [2.24, 2.45) is 0 Å². The summed E-state index contributed by atoms with van der Waals surface area (Å²) >= 11 is 0. The second kappa shape index (κ2) is 9.10. The van der Waals surface area contributed by atoms with E-state index in [0.29, 0.717) is 6.42 Å². The van der Waals surface area contributed by atoms with E-state index >= 15 is 0 Å². The fourth-order valence-electron chi connectivity index (χ4n) is 3.94. The Morgan fingerprint density at radius 2 is 1.86 bits per heavy atom. The number of fused-ring (bicyclic) bond motifs is 1. The van der Waals surface area contributed by atoms with E-state index in [1.165, 1.54) is 0 Å². The first-order chi connectivity index (χ1) is 13.7. The number of benzene rings is 1. The summed E-state index contributed by atoms with van der Waals surface area (Å²) < 4.78 is 29.0. The molecule has 162 valence electrons. The molecule has 0 aromatic heterocycles. The number of rotatable bonds is 8. The van der Waals surface area contributed by atoms with Gasteiger partial charge in [-0.25, -0.2) is 0 Å². The first-order valence-electron chi connectivity index (χ1n) is 10.3. The number of ether oxygens (including phenoxy) is 5. The van der Waals surface area contributed by atoms with Gasteiger partial charge in [0.2, 0.25) is 0 Å². The zero-order valence-corrected chi connectivity index (χ0v) is 18.1. The van der Waals surface area contributed by atoms with Crippen LogP contribution in [0.3, 0.4) is 0 Å². The number of carbonyl (C=O) groups is 1. The van der Waals surface area contributed by atoms with Crippen LogP contribution in [0.2, 0.25) is 0 Å². The molecule has 2 aliphatic rings. The molecule has 0 spiro atoms. The molecule has 0 aliphatic carbocycles. The van der Waals surface area contributed by atoms with Crippen LogP contribution < -0.4 is 5.32 Å². The van der Waals surface area contributed by atoms with Crippen molar-refractivity contribution in [2.45, 2.75) is 89.6 Å². The molecule has 2 saturated heterocycles. The van der Waals surface area contributed by atoms with Gasteiger partial charge in [0.1, 0.15) is 18.2 Å². The Morgan fingerprint density at radius 1 is 1.17 bits per heavy atom. The lowest BCUT2D eigenvalue weighted by molar-refractivity contribution is -0.218. The second-order valence-corrected chi connectivity index (χ2v) is 8.42. The molecule has 7 heteroatoms. The minimum atomic E-state index is -0.715. The van der Waals surface area contributed by atoms with E-state index in [2.05, 4.69) is 5.32 Å². The monoisotopic (exact) mass is 407 g/mol. The minimum Gasteiger partial charge on any atom is -0.462 e. The molecule has 0 saturated carbocycles. The van der Waals surface area contributed by atoms with E-state index < -0.39 is 18.1 Å². The molecule has 1 N–H and O–H groups in total.